The molecule has 0 aliphatic carbocycles. The van der Waals surface area contributed by atoms with Gasteiger partial charge in [-0.1, -0.05) is 12.1 Å². The van der Waals surface area contributed by atoms with Crippen molar-refractivity contribution in [1.29, 1.82) is 0 Å². The summed E-state index contributed by atoms with van der Waals surface area (Å²) in [5.41, 5.74) is 8.22. The van der Waals surface area contributed by atoms with Crippen molar-refractivity contribution in [3.63, 3.8) is 0 Å². The van der Waals surface area contributed by atoms with E-state index < -0.39 is 5.91 Å². The molecule has 2 N–H and O–H groups in total. The summed E-state index contributed by atoms with van der Waals surface area (Å²) in [4.78, 5) is 35.4. The first kappa shape index (κ1) is 19.8. The van der Waals surface area contributed by atoms with Crippen LogP contribution in [0.2, 0.25) is 0 Å². The fourth-order valence-corrected chi connectivity index (χ4v) is 3.74. The minimum absolute atomic E-state index is 0.0408. The van der Waals surface area contributed by atoms with Crippen LogP contribution >= 0.6 is 0 Å². The van der Waals surface area contributed by atoms with Gasteiger partial charge in [0.15, 0.2) is 0 Å². The third-order valence-electron chi connectivity index (χ3n) is 5.20. The number of primary amides is 1. The highest BCUT2D eigenvalue weighted by molar-refractivity contribution is 5.97. The molecule has 2 heterocycles. The van der Waals surface area contributed by atoms with Gasteiger partial charge in [-0.15, -0.1) is 0 Å². The first-order valence-electron chi connectivity index (χ1n) is 9.45. The molecule has 1 aliphatic rings. The Kier molecular flexibility index (Phi) is 5.92. The van der Waals surface area contributed by atoms with Crippen LogP contribution in [0.1, 0.15) is 51.9 Å². The molecule has 0 saturated carbocycles. The van der Waals surface area contributed by atoms with Gasteiger partial charge in [0.05, 0.1) is 19.1 Å². The molecule has 1 saturated heterocycles. The average molecular weight is 382 g/mol. The number of para-hydroxylation sites is 1. The lowest BCUT2D eigenvalue weighted by molar-refractivity contribution is -0.117. The van der Waals surface area contributed by atoms with E-state index in [9.17, 15) is 9.59 Å². The topological polar surface area (TPSA) is 98.4 Å². The highest BCUT2D eigenvalue weighted by Gasteiger charge is 2.29. The highest BCUT2D eigenvalue weighted by atomic mass is 16.5. The maximum absolute atomic E-state index is 13.0. The normalized spacial score (nSPS) is 16.7. The zero-order valence-corrected chi connectivity index (χ0v) is 16.6. The number of ether oxygens (including phenoxy) is 1. The number of rotatable bonds is 5. The van der Waals surface area contributed by atoms with Gasteiger partial charge in [0.2, 0.25) is 5.91 Å². The highest BCUT2D eigenvalue weighted by Crippen LogP contribution is 2.28. The molecule has 1 aromatic heterocycles. The Balaban J connectivity index is 1.82. The number of nitrogens with two attached hydrogens (primary N) is 1. The van der Waals surface area contributed by atoms with Crippen molar-refractivity contribution in [1.82, 2.24) is 14.9 Å². The summed E-state index contributed by atoms with van der Waals surface area (Å²) in [5.74, 6) is 0.927. The quantitative estimate of drug-likeness (QED) is 0.854. The number of amides is 2. The van der Waals surface area contributed by atoms with Gasteiger partial charge in [-0.25, -0.2) is 9.97 Å². The molecule has 0 bridgehead atoms. The minimum atomic E-state index is -0.395. The number of piperidine rings is 1. The van der Waals surface area contributed by atoms with Crippen LogP contribution in [0.4, 0.5) is 0 Å². The lowest BCUT2D eigenvalue weighted by atomic mass is 9.95. The number of aromatic nitrogens is 2. The van der Waals surface area contributed by atoms with Crippen molar-refractivity contribution in [2.75, 3.05) is 20.2 Å². The molecule has 148 valence electrons. The Morgan fingerprint density at radius 1 is 1.21 bits per heavy atom. The van der Waals surface area contributed by atoms with Crippen molar-refractivity contribution in [3.05, 3.63) is 52.6 Å². The molecule has 3 rings (SSSR count). The summed E-state index contributed by atoms with van der Waals surface area (Å²) in [7, 11) is 1.57. The number of carbonyl (C=O) groups excluding carboxylic acids is 2. The molecule has 0 radical (unpaired) electrons. The lowest BCUT2D eigenvalue weighted by Crippen LogP contribution is -2.39. The van der Waals surface area contributed by atoms with Gasteiger partial charge < -0.3 is 15.4 Å². The van der Waals surface area contributed by atoms with E-state index >= 15 is 0 Å². The van der Waals surface area contributed by atoms with E-state index in [-0.39, 0.29) is 18.2 Å². The van der Waals surface area contributed by atoms with Crippen molar-refractivity contribution in [2.24, 2.45) is 5.73 Å². The van der Waals surface area contributed by atoms with Crippen LogP contribution in [0, 0.1) is 13.8 Å². The van der Waals surface area contributed by atoms with Crippen LogP contribution in [0.25, 0.3) is 0 Å². The van der Waals surface area contributed by atoms with E-state index in [0.717, 1.165) is 35.6 Å². The van der Waals surface area contributed by atoms with Crippen LogP contribution in [0.15, 0.2) is 24.3 Å². The largest absolute Gasteiger partial charge is 0.496 e. The monoisotopic (exact) mass is 382 g/mol. The SMILES string of the molecule is COc1ccccc1C(=O)N1CCCC(c2nc(C)c(CC(N)=O)c(C)n2)C1. The maximum Gasteiger partial charge on any atom is 0.257 e. The molecule has 1 aliphatic heterocycles. The second kappa shape index (κ2) is 8.37. The molecule has 1 aromatic carbocycles. The van der Waals surface area contributed by atoms with Gasteiger partial charge in [-0.2, -0.15) is 0 Å². The van der Waals surface area contributed by atoms with Gasteiger partial charge in [0.1, 0.15) is 11.6 Å². The van der Waals surface area contributed by atoms with Gasteiger partial charge in [0.25, 0.3) is 5.91 Å². The van der Waals surface area contributed by atoms with Gasteiger partial charge in [-0.3, -0.25) is 9.59 Å². The summed E-state index contributed by atoms with van der Waals surface area (Å²) in [6.45, 7) is 5.00. The molecule has 1 atom stereocenters. The number of likely N-dealkylation sites (tertiary alicyclic amines) is 1. The number of hydrogen-bond donors (Lipinski definition) is 1. The van der Waals surface area contributed by atoms with Crippen LogP contribution in [-0.2, 0) is 11.2 Å². The molecular weight excluding hydrogens is 356 g/mol. The number of methoxy groups -OCH3 is 1. The predicted octanol–water partition coefficient (Wildman–Crippen LogP) is 2.15. The summed E-state index contributed by atoms with van der Waals surface area (Å²) in [6.07, 6.45) is 1.95. The average Bonchev–Trinajstić information content (AvgIpc) is 2.70. The summed E-state index contributed by atoms with van der Waals surface area (Å²) in [5, 5.41) is 0. The van der Waals surface area contributed by atoms with Crippen LogP contribution < -0.4 is 10.5 Å². The van der Waals surface area contributed by atoms with Crippen LogP contribution in [0.3, 0.4) is 0 Å². The van der Waals surface area contributed by atoms with Crippen molar-refractivity contribution in [2.45, 2.75) is 39.0 Å². The van der Waals surface area contributed by atoms with E-state index in [0.29, 0.717) is 24.4 Å². The van der Waals surface area contributed by atoms with E-state index in [4.69, 9.17) is 10.5 Å². The Bertz CT molecular complexity index is 874. The third-order valence-corrected chi connectivity index (χ3v) is 5.20. The molecule has 7 nitrogen and oxygen atoms in total. The van der Waals surface area contributed by atoms with Crippen molar-refractivity contribution >= 4 is 11.8 Å². The third kappa shape index (κ3) is 4.13. The van der Waals surface area contributed by atoms with Gasteiger partial charge in [0, 0.05) is 36.0 Å². The lowest BCUT2D eigenvalue weighted by Gasteiger charge is -2.32. The number of aryl methyl sites for hydroxylation is 2. The first-order chi connectivity index (χ1) is 13.4. The molecular formula is C21H26N4O3. The Hall–Kier alpha value is -2.96. The van der Waals surface area contributed by atoms with Crippen LogP contribution in [-0.4, -0.2) is 46.9 Å². The van der Waals surface area contributed by atoms with Crippen LogP contribution in [0.5, 0.6) is 5.75 Å². The molecule has 2 amide bonds. The van der Waals surface area contributed by atoms with Gasteiger partial charge in [-0.05, 0) is 38.8 Å². The zero-order chi connectivity index (χ0) is 20.3. The standard InChI is InChI=1S/C21H26N4O3/c1-13-17(11-19(22)26)14(2)24-20(23-13)15-7-6-10-25(12-15)21(27)16-8-4-5-9-18(16)28-3/h4-5,8-9,15H,6-7,10-12H2,1-3H3,(H2,22,26). The Labute approximate surface area is 164 Å². The number of carbonyl (C=O) groups is 2. The Morgan fingerprint density at radius 2 is 1.89 bits per heavy atom. The summed E-state index contributed by atoms with van der Waals surface area (Å²) in [6, 6.07) is 7.27. The van der Waals surface area contributed by atoms with E-state index in [2.05, 4.69) is 9.97 Å². The maximum atomic E-state index is 13.0. The van der Waals surface area contributed by atoms with Gasteiger partial charge >= 0.3 is 0 Å². The second-order valence-corrected chi connectivity index (χ2v) is 7.16. The smallest absolute Gasteiger partial charge is 0.257 e. The summed E-state index contributed by atoms with van der Waals surface area (Å²) >= 11 is 0. The first-order valence-corrected chi connectivity index (χ1v) is 9.45. The molecule has 28 heavy (non-hydrogen) atoms. The minimum Gasteiger partial charge on any atom is -0.496 e. The van der Waals surface area contributed by atoms with E-state index in [1.165, 1.54) is 0 Å². The summed E-state index contributed by atoms with van der Waals surface area (Å²) < 4.78 is 5.34. The Morgan fingerprint density at radius 3 is 2.54 bits per heavy atom. The van der Waals surface area contributed by atoms with E-state index in [1.54, 1.807) is 19.2 Å². The predicted molar refractivity (Wildman–Crippen MR) is 105 cm³/mol. The molecule has 0 spiro atoms. The number of benzene rings is 1. The number of hydrogen-bond acceptors (Lipinski definition) is 5. The fraction of sp³-hybridized carbons (Fsp3) is 0.429. The zero-order valence-electron chi connectivity index (χ0n) is 16.6. The molecule has 2 aromatic rings. The number of nitrogens with zero attached hydrogens (tertiary/aromatic N) is 3. The molecule has 1 fully saturated rings. The molecule has 7 heteroatoms. The van der Waals surface area contributed by atoms with E-state index in [1.807, 2.05) is 30.9 Å². The molecule has 1 unspecified atom stereocenters. The second-order valence-electron chi connectivity index (χ2n) is 7.16. The van der Waals surface area contributed by atoms with Crippen molar-refractivity contribution < 1.29 is 14.3 Å². The van der Waals surface area contributed by atoms with Crippen molar-refractivity contribution in [3.8, 4) is 5.75 Å². The fourth-order valence-electron chi connectivity index (χ4n) is 3.74.